The van der Waals surface area contributed by atoms with Gasteiger partial charge in [-0.25, -0.2) is 0 Å². The van der Waals surface area contributed by atoms with Gasteiger partial charge in [-0.2, -0.15) is 4.98 Å². The first-order valence-electron chi connectivity index (χ1n) is 5.54. The summed E-state index contributed by atoms with van der Waals surface area (Å²) in [5.74, 6) is 3.34. The molecule has 0 fully saturated rings. The lowest BCUT2D eigenvalue weighted by Gasteiger charge is -2.05. The van der Waals surface area contributed by atoms with Gasteiger partial charge < -0.3 is 15.0 Å². The molecule has 0 unspecified atom stereocenters. The minimum Gasteiger partial charge on any atom is -0.480 e. The minimum absolute atomic E-state index is 0.711. The summed E-state index contributed by atoms with van der Waals surface area (Å²) in [4.78, 5) is 7.50. The number of methoxy groups -OCH3 is 1. The molecule has 0 saturated heterocycles. The molecule has 94 valence electrons. The number of terminal acetylenes is 1. The molecule has 0 atom stereocenters. The highest BCUT2D eigenvalue weighted by Crippen LogP contribution is 2.30. The number of thiazole rings is 1. The van der Waals surface area contributed by atoms with Crippen LogP contribution in [0.5, 0.6) is 5.88 Å². The van der Waals surface area contributed by atoms with Crippen molar-refractivity contribution >= 4 is 16.5 Å². The van der Waals surface area contributed by atoms with Gasteiger partial charge in [0.05, 0.1) is 12.0 Å². The van der Waals surface area contributed by atoms with E-state index in [2.05, 4.69) is 16.2 Å². The average Bonchev–Trinajstić information content (AvgIpc) is 2.72. The van der Waals surface area contributed by atoms with Gasteiger partial charge >= 0.3 is 0 Å². The van der Waals surface area contributed by atoms with Gasteiger partial charge in [0.2, 0.25) is 5.88 Å². The van der Waals surface area contributed by atoms with Gasteiger partial charge in [0.15, 0.2) is 5.13 Å². The van der Waals surface area contributed by atoms with Crippen molar-refractivity contribution in [3.05, 3.63) is 4.88 Å². The van der Waals surface area contributed by atoms with Crippen molar-refractivity contribution in [2.24, 2.45) is 0 Å². The second-order valence-corrected chi connectivity index (χ2v) is 4.87. The van der Waals surface area contributed by atoms with Crippen LogP contribution in [0, 0.1) is 12.3 Å². The molecular weight excluding hydrogens is 234 g/mol. The second-order valence-electron chi connectivity index (χ2n) is 3.81. The van der Waals surface area contributed by atoms with Gasteiger partial charge in [0.25, 0.3) is 0 Å². The molecule has 17 heavy (non-hydrogen) atoms. The maximum Gasteiger partial charge on any atom is 0.230 e. The highest BCUT2D eigenvalue weighted by atomic mass is 32.1. The Morgan fingerprint density at radius 3 is 2.88 bits per heavy atom. The van der Waals surface area contributed by atoms with Crippen molar-refractivity contribution in [3.63, 3.8) is 0 Å². The average molecular weight is 253 g/mol. The predicted octanol–water partition coefficient (Wildman–Crippen LogP) is 1.72. The summed E-state index contributed by atoms with van der Waals surface area (Å²) in [6.45, 7) is 1.70. The first-order chi connectivity index (χ1) is 8.19. The third-order valence-electron chi connectivity index (χ3n) is 2.19. The lowest BCUT2D eigenvalue weighted by Crippen LogP contribution is -2.14. The van der Waals surface area contributed by atoms with Gasteiger partial charge in [-0.1, -0.05) is 11.3 Å². The van der Waals surface area contributed by atoms with E-state index < -0.39 is 0 Å². The highest BCUT2D eigenvalue weighted by Gasteiger charge is 2.12. The first kappa shape index (κ1) is 13.8. The zero-order valence-electron chi connectivity index (χ0n) is 10.6. The highest BCUT2D eigenvalue weighted by molar-refractivity contribution is 7.15. The van der Waals surface area contributed by atoms with Gasteiger partial charge in [0.1, 0.15) is 0 Å². The Balaban J connectivity index is 2.49. The van der Waals surface area contributed by atoms with Crippen LogP contribution >= 0.6 is 11.3 Å². The zero-order valence-corrected chi connectivity index (χ0v) is 11.4. The summed E-state index contributed by atoms with van der Waals surface area (Å²) in [7, 11) is 5.60. The van der Waals surface area contributed by atoms with Crippen molar-refractivity contribution in [2.45, 2.75) is 19.4 Å². The monoisotopic (exact) mass is 253 g/mol. The van der Waals surface area contributed by atoms with Crippen molar-refractivity contribution in [1.82, 2.24) is 10.3 Å². The van der Waals surface area contributed by atoms with Gasteiger partial charge in [-0.15, -0.1) is 12.3 Å². The van der Waals surface area contributed by atoms with Crippen molar-refractivity contribution in [1.29, 1.82) is 0 Å². The number of rotatable bonds is 7. The van der Waals surface area contributed by atoms with Crippen LogP contribution in [0.15, 0.2) is 0 Å². The maximum absolute atomic E-state index is 5.25. The van der Waals surface area contributed by atoms with Gasteiger partial charge in [-0.3, -0.25) is 0 Å². The van der Waals surface area contributed by atoms with E-state index >= 15 is 0 Å². The van der Waals surface area contributed by atoms with Crippen LogP contribution in [0.2, 0.25) is 0 Å². The molecule has 0 bridgehead atoms. The van der Waals surface area contributed by atoms with E-state index in [0.29, 0.717) is 5.88 Å². The van der Waals surface area contributed by atoms with Crippen LogP contribution in [-0.2, 0) is 6.54 Å². The molecule has 1 aromatic rings. The van der Waals surface area contributed by atoms with Crippen LogP contribution in [0.25, 0.3) is 0 Å². The molecule has 1 rings (SSSR count). The third-order valence-corrected chi connectivity index (χ3v) is 3.39. The molecule has 0 saturated carbocycles. The molecule has 1 N–H and O–H groups in total. The van der Waals surface area contributed by atoms with E-state index in [1.165, 1.54) is 0 Å². The number of hydrogen-bond donors (Lipinski definition) is 1. The summed E-state index contributed by atoms with van der Waals surface area (Å²) in [5.41, 5.74) is 0. The van der Waals surface area contributed by atoms with Crippen LogP contribution in [0.3, 0.4) is 0 Å². The van der Waals surface area contributed by atoms with E-state index in [1.807, 2.05) is 19.0 Å². The molecular formula is C12H19N3OS. The number of aromatic nitrogens is 1. The minimum atomic E-state index is 0.711. The van der Waals surface area contributed by atoms with Crippen LogP contribution < -0.4 is 15.0 Å². The molecule has 0 aliphatic rings. The van der Waals surface area contributed by atoms with Gasteiger partial charge in [0, 0.05) is 27.1 Å². The second kappa shape index (κ2) is 7.15. The number of nitrogens with zero attached hydrogens (tertiary/aromatic N) is 2. The van der Waals surface area contributed by atoms with Crippen LogP contribution in [-0.4, -0.2) is 32.7 Å². The zero-order chi connectivity index (χ0) is 12.7. The Morgan fingerprint density at radius 2 is 2.29 bits per heavy atom. The normalized spacial score (nSPS) is 10.0. The van der Waals surface area contributed by atoms with Gasteiger partial charge in [-0.05, 0) is 13.0 Å². The Hall–Kier alpha value is -1.25. The molecule has 1 aromatic heterocycles. The molecule has 1 heterocycles. The summed E-state index contributed by atoms with van der Waals surface area (Å²) in [5, 5.41) is 4.30. The molecule has 5 heteroatoms. The fraction of sp³-hybridized carbons (Fsp3) is 0.583. The molecule has 0 spiro atoms. The third kappa shape index (κ3) is 4.25. The number of unbranched alkanes of at least 4 members (excludes halogenated alkanes) is 1. The largest absolute Gasteiger partial charge is 0.480 e. The summed E-state index contributed by atoms with van der Waals surface area (Å²) in [6, 6.07) is 0. The molecule has 0 aliphatic carbocycles. The molecule has 0 aromatic carbocycles. The lowest BCUT2D eigenvalue weighted by molar-refractivity contribution is 0.395. The Morgan fingerprint density at radius 1 is 1.53 bits per heavy atom. The van der Waals surface area contributed by atoms with Crippen LogP contribution in [0.4, 0.5) is 5.13 Å². The molecule has 0 aliphatic heterocycles. The van der Waals surface area contributed by atoms with Crippen LogP contribution in [0.1, 0.15) is 17.7 Å². The summed E-state index contributed by atoms with van der Waals surface area (Å²) in [6.07, 6.45) is 7.01. The first-order valence-corrected chi connectivity index (χ1v) is 6.36. The molecule has 0 radical (unpaired) electrons. The van der Waals surface area contributed by atoms with Crippen molar-refractivity contribution in [2.75, 3.05) is 32.6 Å². The smallest absolute Gasteiger partial charge is 0.230 e. The predicted molar refractivity (Wildman–Crippen MR) is 72.8 cm³/mol. The fourth-order valence-corrected chi connectivity index (χ4v) is 2.23. The Labute approximate surface area is 107 Å². The Bertz CT molecular complexity index is 382. The SMILES string of the molecule is C#CCCCNCc1sc(N(C)C)nc1OC. The fourth-order valence-electron chi connectivity index (χ4n) is 1.31. The maximum atomic E-state index is 5.25. The summed E-state index contributed by atoms with van der Waals surface area (Å²) < 4.78 is 5.25. The quantitative estimate of drug-likeness (QED) is 0.593. The van der Waals surface area contributed by atoms with E-state index in [9.17, 15) is 0 Å². The lowest BCUT2D eigenvalue weighted by atomic mass is 10.3. The van der Waals surface area contributed by atoms with E-state index in [1.54, 1.807) is 18.4 Å². The van der Waals surface area contributed by atoms with Crippen molar-refractivity contribution < 1.29 is 4.74 Å². The molecule has 0 amide bonds. The van der Waals surface area contributed by atoms with Crippen molar-refractivity contribution in [3.8, 4) is 18.2 Å². The number of nitrogens with one attached hydrogen (secondary N) is 1. The summed E-state index contributed by atoms with van der Waals surface area (Å²) >= 11 is 1.64. The molecule has 4 nitrogen and oxygen atoms in total. The standard InChI is InChI=1S/C12H19N3OS/c1-5-6-7-8-13-9-10-11(16-4)14-12(17-10)15(2)3/h1,13H,6-9H2,2-4H3. The number of anilines is 1. The number of hydrogen-bond acceptors (Lipinski definition) is 5. The van der Waals surface area contributed by atoms with E-state index in [0.717, 1.165) is 35.9 Å². The topological polar surface area (TPSA) is 37.4 Å². The Kier molecular flexibility index (Phi) is 5.81. The number of ether oxygens (including phenoxy) is 1. The van der Waals surface area contributed by atoms with E-state index in [4.69, 9.17) is 11.2 Å². The van der Waals surface area contributed by atoms with E-state index in [-0.39, 0.29) is 0 Å².